The molecule has 1 aromatic rings. The Hall–Kier alpha value is -2.22. The summed E-state index contributed by atoms with van der Waals surface area (Å²) < 4.78 is 5.12. The second-order valence-corrected chi connectivity index (χ2v) is 7.54. The number of amidine groups is 1. The van der Waals surface area contributed by atoms with Crippen molar-refractivity contribution in [3.8, 4) is 0 Å². The first kappa shape index (κ1) is 20.8. The van der Waals surface area contributed by atoms with Crippen molar-refractivity contribution in [3.63, 3.8) is 0 Å². The van der Waals surface area contributed by atoms with Gasteiger partial charge in [-0.05, 0) is 38.2 Å². The molecular formula is C17H25N3O4S. The summed E-state index contributed by atoms with van der Waals surface area (Å²) in [5.74, 6) is -0.365. The summed E-state index contributed by atoms with van der Waals surface area (Å²) in [6.07, 6.45) is -0.708. The predicted octanol–water partition coefficient (Wildman–Crippen LogP) is 2.91. The number of nitrogens with zero attached hydrogens (tertiary/aromatic N) is 1. The lowest BCUT2D eigenvalue weighted by molar-refractivity contribution is -0.139. The quantitative estimate of drug-likeness (QED) is 0.526. The molecule has 0 saturated heterocycles. The lowest BCUT2D eigenvalue weighted by Crippen LogP contribution is -2.44. The summed E-state index contributed by atoms with van der Waals surface area (Å²) >= 11 is 1.40. The summed E-state index contributed by atoms with van der Waals surface area (Å²) in [6.45, 7) is 7.09. The number of ether oxygens (including phenoxy) is 1. The number of amides is 1. The molecular weight excluding hydrogens is 342 g/mol. The second kappa shape index (κ2) is 9.31. The number of nitrogens with two attached hydrogens (primary N) is 1. The van der Waals surface area contributed by atoms with Crippen LogP contribution in [-0.4, -0.2) is 39.7 Å². The first-order valence-corrected chi connectivity index (χ1v) is 8.88. The minimum Gasteiger partial charge on any atom is -0.480 e. The van der Waals surface area contributed by atoms with Crippen LogP contribution in [0.1, 0.15) is 33.3 Å². The first-order chi connectivity index (χ1) is 11.6. The molecule has 0 radical (unpaired) electrons. The number of thioether (sulfide) groups is 1. The van der Waals surface area contributed by atoms with Crippen LogP contribution in [0, 0.1) is 0 Å². The number of hydrogen-bond acceptors (Lipinski definition) is 5. The Morgan fingerprint density at radius 3 is 2.56 bits per heavy atom. The van der Waals surface area contributed by atoms with Crippen molar-refractivity contribution < 1.29 is 19.4 Å². The predicted molar refractivity (Wildman–Crippen MR) is 100 cm³/mol. The smallest absolute Gasteiger partial charge is 0.408 e. The molecule has 0 bridgehead atoms. The number of aliphatic carboxylic acids is 1. The highest BCUT2D eigenvalue weighted by molar-refractivity contribution is 8.13. The molecule has 0 aliphatic carbocycles. The summed E-state index contributed by atoms with van der Waals surface area (Å²) in [4.78, 5) is 27.7. The standard InChI is InChI=1S/C17H25N3O4S/c1-5-25-15(18)19-12-9-7-6-8-11(12)10-13(14(21)22)20-16(23)24-17(2,3)4/h6-9,13H,5,10H2,1-4H3,(H2,18,19)(H,20,23)(H,21,22). The third kappa shape index (κ3) is 7.93. The molecule has 0 aromatic heterocycles. The Morgan fingerprint density at radius 2 is 2.00 bits per heavy atom. The van der Waals surface area contributed by atoms with E-state index in [9.17, 15) is 14.7 Å². The van der Waals surface area contributed by atoms with Crippen LogP contribution < -0.4 is 11.1 Å². The van der Waals surface area contributed by atoms with Crippen LogP contribution in [0.5, 0.6) is 0 Å². The molecule has 0 aliphatic rings. The first-order valence-electron chi connectivity index (χ1n) is 7.89. The van der Waals surface area contributed by atoms with E-state index in [-0.39, 0.29) is 6.42 Å². The van der Waals surface area contributed by atoms with Crippen LogP contribution >= 0.6 is 11.8 Å². The summed E-state index contributed by atoms with van der Waals surface area (Å²) in [5, 5.41) is 12.2. The third-order valence-corrected chi connectivity index (χ3v) is 3.60. The van der Waals surface area contributed by atoms with Crippen molar-refractivity contribution in [1.29, 1.82) is 0 Å². The molecule has 7 nitrogen and oxygen atoms in total. The molecule has 1 atom stereocenters. The fourth-order valence-corrected chi connectivity index (χ4v) is 2.42. The minimum atomic E-state index is -1.15. The number of carboxylic acid groups (broad SMARTS) is 1. The van der Waals surface area contributed by atoms with Crippen molar-refractivity contribution in [2.45, 2.75) is 45.8 Å². The zero-order chi connectivity index (χ0) is 19.0. The van der Waals surface area contributed by atoms with Gasteiger partial charge in [0.25, 0.3) is 0 Å². The van der Waals surface area contributed by atoms with Gasteiger partial charge in [-0.3, -0.25) is 0 Å². The Bertz CT molecular complexity index is 641. The van der Waals surface area contributed by atoms with E-state index in [1.807, 2.05) is 6.92 Å². The van der Waals surface area contributed by atoms with Gasteiger partial charge in [-0.2, -0.15) is 0 Å². The van der Waals surface area contributed by atoms with E-state index >= 15 is 0 Å². The fraction of sp³-hybridized carbons (Fsp3) is 0.471. The van der Waals surface area contributed by atoms with Gasteiger partial charge in [-0.25, -0.2) is 14.6 Å². The Labute approximate surface area is 152 Å². The lowest BCUT2D eigenvalue weighted by Gasteiger charge is -2.22. The molecule has 1 rings (SSSR count). The van der Waals surface area contributed by atoms with E-state index in [2.05, 4.69) is 10.3 Å². The number of benzene rings is 1. The van der Waals surface area contributed by atoms with E-state index < -0.39 is 23.7 Å². The Kier molecular flexibility index (Phi) is 7.76. The number of hydrogen-bond donors (Lipinski definition) is 3. The molecule has 0 heterocycles. The minimum absolute atomic E-state index is 0.0678. The van der Waals surface area contributed by atoms with Gasteiger partial charge in [0.2, 0.25) is 0 Å². The van der Waals surface area contributed by atoms with Gasteiger partial charge in [0.1, 0.15) is 11.6 Å². The van der Waals surface area contributed by atoms with E-state index in [0.717, 1.165) is 5.75 Å². The average molecular weight is 367 g/mol. The van der Waals surface area contributed by atoms with Crippen LogP contribution in [0.3, 0.4) is 0 Å². The maximum atomic E-state index is 11.9. The van der Waals surface area contributed by atoms with Gasteiger partial charge in [0, 0.05) is 6.42 Å². The Morgan fingerprint density at radius 1 is 1.36 bits per heavy atom. The normalized spacial score (nSPS) is 13.2. The molecule has 0 saturated carbocycles. The molecule has 1 unspecified atom stereocenters. The van der Waals surface area contributed by atoms with E-state index in [4.69, 9.17) is 10.5 Å². The number of nitrogens with one attached hydrogen (secondary N) is 1. The van der Waals surface area contributed by atoms with Gasteiger partial charge in [-0.1, -0.05) is 36.9 Å². The highest BCUT2D eigenvalue weighted by atomic mass is 32.2. The van der Waals surface area contributed by atoms with Gasteiger partial charge in [0.05, 0.1) is 5.69 Å². The number of carboxylic acids is 1. The zero-order valence-electron chi connectivity index (χ0n) is 14.9. The van der Waals surface area contributed by atoms with Gasteiger partial charge < -0.3 is 20.9 Å². The maximum absolute atomic E-state index is 11.9. The molecule has 4 N–H and O–H groups in total. The topological polar surface area (TPSA) is 114 Å². The van der Waals surface area contributed by atoms with Crippen molar-refractivity contribution in [1.82, 2.24) is 5.32 Å². The number of carbonyl (C=O) groups excluding carboxylic acids is 1. The van der Waals surface area contributed by atoms with Crippen molar-refractivity contribution in [2.75, 3.05) is 5.75 Å². The van der Waals surface area contributed by atoms with Crippen LogP contribution in [-0.2, 0) is 16.0 Å². The van der Waals surface area contributed by atoms with E-state index in [0.29, 0.717) is 16.4 Å². The van der Waals surface area contributed by atoms with Crippen molar-refractivity contribution >= 4 is 34.7 Å². The highest BCUT2D eigenvalue weighted by Crippen LogP contribution is 2.22. The molecule has 8 heteroatoms. The SMILES string of the molecule is CCSC(N)=Nc1ccccc1CC(NC(=O)OC(C)(C)C)C(=O)O. The van der Waals surface area contributed by atoms with Crippen LogP contribution in [0.2, 0.25) is 0 Å². The van der Waals surface area contributed by atoms with Gasteiger partial charge in [-0.15, -0.1) is 0 Å². The van der Waals surface area contributed by atoms with Gasteiger partial charge >= 0.3 is 12.1 Å². The van der Waals surface area contributed by atoms with Crippen LogP contribution in [0.15, 0.2) is 29.3 Å². The molecule has 138 valence electrons. The van der Waals surface area contributed by atoms with E-state index in [1.54, 1.807) is 45.0 Å². The monoisotopic (exact) mass is 367 g/mol. The second-order valence-electron chi connectivity index (χ2n) is 6.25. The van der Waals surface area contributed by atoms with Crippen molar-refractivity contribution in [3.05, 3.63) is 29.8 Å². The van der Waals surface area contributed by atoms with Crippen molar-refractivity contribution in [2.24, 2.45) is 10.7 Å². The molecule has 0 spiro atoms. The molecule has 0 fully saturated rings. The molecule has 25 heavy (non-hydrogen) atoms. The van der Waals surface area contributed by atoms with E-state index in [1.165, 1.54) is 11.8 Å². The summed E-state index contributed by atoms with van der Waals surface area (Å²) in [6, 6.07) is 5.96. The highest BCUT2D eigenvalue weighted by Gasteiger charge is 2.25. The Balaban J connectivity index is 2.94. The van der Waals surface area contributed by atoms with Crippen LogP contribution in [0.4, 0.5) is 10.5 Å². The number of para-hydroxylation sites is 1. The third-order valence-electron chi connectivity index (χ3n) is 2.93. The molecule has 1 aromatic carbocycles. The zero-order valence-corrected chi connectivity index (χ0v) is 15.7. The lowest BCUT2D eigenvalue weighted by atomic mass is 10.0. The van der Waals surface area contributed by atoms with Crippen LogP contribution in [0.25, 0.3) is 0 Å². The number of rotatable bonds is 6. The largest absolute Gasteiger partial charge is 0.480 e. The number of alkyl carbamates (subject to hydrolysis) is 1. The summed E-state index contributed by atoms with van der Waals surface area (Å²) in [7, 11) is 0. The molecule has 1 amide bonds. The fourth-order valence-electron chi connectivity index (χ4n) is 1.96. The number of aliphatic imine (C=N–C) groups is 1. The molecule has 0 aliphatic heterocycles. The van der Waals surface area contributed by atoms with Gasteiger partial charge in [0.15, 0.2) is 5.17 Å². The number of carbonyl (C=O) groups is 2. The average Bonchev–Trinajstić information content (AvgIpc) is 2.46. The maximum Gasteiger partial charge on any atom is 0.408 e. The summed E-state index contributed by atoms with van der Waals surface area (Å²) in [5.41, 5.74) is 6.38.